The van der Waals surface area contributed by atoms with Gasteiger partial charge in [0.25, 0.3) is 0 Å². The molecule has 0 aliphatic heterocycles. The summed E-state index contributed by atoms with van der Waals surface area (Å²) in [6.45, 7) is 2.19. The van der Waals surface area contributed by atoms with Crippen LogP contribution in [0.4, 0.5) is 0 Å². The second-order valence-corrected chi connectivity index (χ2v) is 7.15. The number of Topliss-reactive ketones (excluding diaryl/α,β-unsaturated/α-hetero) is 1. The molecule has 1 aliphatic carbocycles. The topological polar surface area (TPSA) is 56.0 Å². The van der Waals surface area contributed by atoms with E-state index >= 15 is 0 Å². The molecule has 3 nitrogen and oxygen atoms in total. The summed E-state index contributed by atoms with van der Waals surface area (Å²) in [7, 11) is 0. The molecule has 0 radical (unpaired) electrons. The Kier molecular flexibility index (Phi) is 3.61. The van der Waals surface area contributed by atoms with Crippen LogP contribution in [0.2, 0.25) is 0 Å². The zero-order valence-corrected chi connectivity index (χ0v) is 12.6. The predicted molar refractivity (Wildman–Crippen MR) is 82.9 cm³/mol. The van der Waals surface area contributed by atoms with E-state index in [4.69, 9.17) is 5.73 Å². The first-order chi connectivity index (χ1) is 9.57. The van der Waals surface area contributed by atoms with Crippen molar-refractivity contribution in [1.82, 2.24) is 4.98 Å². The van der Waals surface area contributed by atoms with Crippen molar-refractivity contribution in [3.05, 3.63) is 29.3 Å². The number of carbonyl (C=O) groups excluding carboxylic acids is 1. The van der Waals surface area contributed by atoms with Crippen LogP contribution in [0, 0.1) is 5.92 Å². The first kappa shape index (κ1) is 13.7. The molecule has 20 heavy (non-hydrogen) atoms. The second kappa shape index (κ2) is 5.26. The number of aromatic nitrogens is 1. The highest BCUT2D eigenvalue weighted by Crippen LogP contribution is 2.32. The van der Waals surface area contributed by atoms with Crippen molar-refractivity contribution in [2.75, 3.05) is 0 Å². The number of thiazole rings is 1. The van der Waals surface area contributed by atoms with Crippen LogP contribution in [0.15, 0.2) is 24.3 Å². The minimum absolute atomic E-state index is 0.156. The first-order valence-corrected chi connectivity index (χ1v) is 8.05. The summed E-state index contributed by atoms with van der Waals surface area (Å²) in [4.78, 5) is 17.1. The molecular weight excluding hydrogens is 268 g/mol. The minimum Gasteiger partial charge on any atom is -0.319 e. The molecule has 106 valence electrons. The molecule has 4 heteroatoms. The van der Waals surface area contributed by atoms with Gasteiger partial charge in [0, 0.05) is 0 Å². The van der Waals surface area contributed by atoms with Crippen LogP contribution in [0.3, 0.4) is 0 Å². The van der Waals surface area contributed by atoms with Gasteiger partial charge in [0.2, 0.25) is 0 Å². The molecule has 0 spiro atoms. The number of hydrogen-bond acceptors (Lipinski definition) is 4. The van der Waals surface area contributed by atoms with Crippen molar-refractivity contribution in [3.63, 3.8) is 0 Å². The fourth-order valence-corrected chi connectivity index (χ4v) is 4.12. The lowest BCUT2D eigenvalue weighted by molar-refractivity contribution is -0.125. The lowest BCUT2D eigenvalue weighted by Crippen LogP contribution is -2.51. The van der Waals surface area contributed by atoms with E-state index in [1.807, 2.05) is 24.3 Å². The summed E-state index contributed by atoms with van der Waals surface area (Å²) in [6, 6.07) is 8.00. The van der Waals surface area contributed by atoms with Gasteiger partial charge in [0.15, 0.2) is 5.78 Å². The van der Waals surface area contributed by atoms with Crippen LogP contribution >= 0.6 is 11.3 Å². The molecule has 1 saturated carbocycles. The van der Waals surface area contributed by atoms with E-state index in [9.17, 15) is 4.79 Å². The average Bonchev–Trinajstić information content (AvgIpc) is 2.80. The fourth-order valence-electron chi connectivity index (χ4n) is 3.15. The Hall–Kier alpha value is -1.26. The van der Waals surface area contributed by atoms with Crippen molar-refractivity contribution in [3.8, 4) is 0 Å². The monoisotopic (exact) mass is 288 g/mol. The molecular formula is C16H20N2OS. The van der Waals surface area contributed by atoms with Gasteiger partial charge in [-0.1, -0.05) is 31.9 Å². The van der Waals surface area contributed by atoms with Gasteiger partial charge < -0.3 is 5.73 Å². The molecule has 2 aromatic rings. The van der Waals surface area contributed by atoms with E-state index in [1.165, 1.54) is 6.42 Å². The van der Waals surface area contributed by atoms with E-state index in [-0.39, 0.29) is 5.78 Å². The summed E-state index contributed by atoms with van der Waals surface area (Å²) < 4.78 is 1.14. The number of carbonyl (C=O) groups is 1. The maximum absolute atomic E-state index is 12.6. The van der Waals surface area contributed by atoms with Crippen LogP contribution in [-0.2, 0) is 11.2 Å². The van der Waals surface area contributed by atoms with Crippen LogP contribution in [0.5, 0.6) is 0 Å². The number of para-hydroxylation sites is 1. The van der Waals surface area contributed by atoms with Gasteiger partial charge in [-0.2, -0.15) is 0 Å². The molecule has 0 saturated heterocycles. The Balaban J connectivity index is 1.78. The molecule has 2 unspecified atom stereocenters. The molecule has 1 aromatic heterocycles. The molecule has 0 amide bonds. The number of fused-ring (bicyclic) bond motifs is 1. The standard InChI is InChI=1S/C16H20N2OS/c1-11-5-4-8-16(17,10-11)14(19)9-15-18-12-6-2-3-7-13(12)20-15/h2-3,6-7,11H,4-5,8-10,17H2,1H3. The third-order valence-corrected chi connectivity index (χ3v) is 5.27. The van der Waals surface area contributed by atoms with E-state index in [0.29, 0.717) is 12.3 Å². The third kappa shape index (κ3) is 2.63. The number of ketones is 1. The SMILES string of the molecule is CC1CCCC(N)(C(=O)Cc2nc3ccccc3s2)C1. The zero-order valence-electron chi connectivity index (χ0n) is 11.8. The minimum atomic E-state index is -0.629. The third-order valence-electron chi connectivity index (χ3n) is 4.24. The van der Waals surface area contributed by atoms with Crippen LogP contribution in [-0.4, -0.2) is 16.3 Å². The number of nitrogens with zero attached hydrogens (tertiary/aromatic N) is 1. The van der Waals surface area contributed by atoms with Gasteiger partial charge in [0.1, 0.15) is 5.01 Å². The number of rotatable bonds is 3. The highest BCUT2D eigenvalue weighted by molar-refractivity contribution is 7.18. The quantitative estimate of drug-likeness (QED) is 0.942. The number of hydrogen-bond donors (Lipinski definition) is 1. The molecule has 1 aromatic carbocycles. The molecule has 2 atom stereocenters. The van der Waals surface area contributed by atoms with Gasteiger partial charge in [-0.05, 0) is 30.9 Å². The van der Waals surface area contributed by atoms with Crippen molar-refractivity contribution >= 4 is 27.3 Å². The van der Waals surface area contributed by atoms with Gasteiger partial charge in [0.05, 0.1) is 22.2 Å². The molecule has 1 fully saturated rings. The Labute approximate surface area is 123 Å². The summed E-state index contributed by atoms with van der Waals surface area (Å²) in [5.41, 5.74) is 6.71. The van der Waals surface area contributed by atoms with Gasteiger partial charge >= 0.3 is 0 Å². The largest absolute Gasteiger partial charge is 0.319 e. The maximum atomic E-state index is 12.6. The van der Waals surface area contributed by atoms with E-state index in [1.54, 1.807) is 11.3 Å². The van der Waals surface area contributed by atoms with Gasteiger partial charge in [-0.3, -0.25) is 4.79 Å². The van der Waals surface area contributed by atoms with E-state index in [0.717, 1.165) is 34.5 Å². The molecule has 2 N–H and O–H groups in total. The lowest BCUT2D eigenvalue weighted by Gasteiger charge is -2.35. The molecule has 3 rings (SSSR count). The number of nitrogens with two attached hydrogens (primary N) is 1. The van der Waals surface area contributed by atoms with Crippen molar-refractivity contribution in [2.45, 2.75) is 44.6 Å². The summed E-state index contributed by atoms with van der Waals surface area (Å²) in [5.74, 6) is 0.705. The molecule has 1 aliphatic rings. The highest BCUT2D eigenvalue weighted by atomic mass is 32.1. The normalized spacial score (nSPS) is 26.8. The highest BCUT2D eigenvalue weighted by Gasteiger charge is 2.37. The summed E-state index contributed by atoms with van der Waals surface area (Å²) in [5, 5.41) is 0.888. The second-order valence-electron chi connectivity index (χ2n) is 6.03. The number of benzene rings is 1. The molecule has 0 bridgehead atoms. The molecule has 1 heterocycles. The lowest BCUT2D eigenvalue weighted by atomic mass is 9.74. The van der Waals surface area contributed by atoms with Crippen LogP contribution in [0.1, 0.15) is 37.6 Å². The van der Waals surface area contributed by atoms with Crippen LogP contribution < -0.4 is 5.73 Å². The average molecular weight is 288 g/mol. The Morgan fingerprint density at radius 3 is 3.05 bits per heavy atom. The zero-order chi connectivity index (χ0) is 14.2. The summed E-state index contributed by atoms with van der Waals surface area (Å²) in [6.07, 6.45) is 4.26. The summed E-state index contributed by atoms with van der Waals surface area (Å²) >= 11 is 1.60. The van der Waals surface area contributed by atoms with Crippen molar-refractivity contribution in [2.24, 2.45) is 11.7 Å². The van der Waals surface area contributed by atoms with Crippen molar-refractivity contribution < 1.29 is 4.79 Å². The first-order valence-electron chi connectivity index (χ1n) is 7.23. The Bertz CT molecular complexity index is 603. The van der Waals surface area contributed by atoms with Gasteiger partial charge in [-0.15, -0.1) is 11.3 Å². The smallest absolute Gasteiger partial charge is 0.159 e. The van der Waals surface area contributed by atoms with Crippen molar-refractivity contribution in [1.29, 1.82) is 0 Å². The van der Waals surface area contributed by atoms with Crippen LogP contribution in [0.25, 0.3) is 10.2 Å². The Morgan fingerprint density at radius 1 is 1.50 bits per heavy atom. The van der Waals surface area contributed by atoms with E-state index in [2.05, 4.69) is 11.9 Å². The van der Waals surface area contributed by atoms with E-state index < -0.39 is 5.54 Å². The Morgan fingerprint density at radius 2 is 2.30 bits per heavy atom. The van der Waals surface area contributed by atoms with Gasteiger partial charge in [-0.25, -0.2) is 4.98 Å². The predicted octanol–water partition coefficient (Wildman–Crippen LogP) is 3.32. The maximum Gasteiger partial charge on any atom is 0.159 e. The fraction of sp³-hybridized carbons (Fsp3) is 0.500.